The second kappa shape index (κ2) is 8.01. The van der Waals surface area contributed by atoms with Crippen LogP contribution in [0.25, 0.3) is 6.08 Å². The van der Waals surface area contributed by atoms with E-state index < -0.39 is 12.9 Å². The Hall–Kier alpha value is -1.48. The first kappa shape index (κ1) is 23.9. The lowest BCUT2D eigenvalue weighted by molar-refractivity contribution is -0.199. The van der Waals surface area contributed by atoms with Crippen molar-refractivity contribution in [3.63, 3.8) is 0 Å². The molecule has 0 amide bonds. The van der Waals surface area contributed by atoms with Gasteiger partial charge in [0.05, 0.1) is 24.9 Å². The molecule has 1 aromatic carbocycles. The van der Waals surface area contributed by atoms with Crippen molar-refractivity contribution in [1.29, 1.82) is 0 Å². The van der Waals surface area contributed by atoms with Crippen LogP contribution in [0.2, 0.25) is 0 Å². The minimum Gasteiger partial charge on any atom is -0.451 e. The van der Waals surface area contributed by atoms with E-state index in [1.807, 2.05) is 24.2 Å². The highest BCUT2D eigenvalue weighted by Crippen LogP contribution is 2.65. The largest absolute Gasteiger partial charge is 0.486 e. The van der Waals surface area contributed by atoms with Crippen LogP contribution in [-0.2, 0) is 18.8 Å². The molecule has 35 heavy (non-hydrogen) atoms. The van der Waals surface area contributed by atoms with Gasteiger partial charge in [0.15, 0.2) is 0 Å². The van der Waals surface area contributed by atoms with Crippen LogP contribution >= 0.6 is 11.8 Å². The van der Waals surface area contributed by atoms with E-state index in [0.717, 1.165) is 30.1 Å². The van der Waals surface area contributed by atoms with Crippen LogP contribution in [0, 0.1) is 23.2 Å². The minimum absolute atomic E-state index is 0.128. The molecule has 6 nitrogen and oxygen atoms in total. The van der Waals surface area contributed by atoms with Crippen LogP contribution in [0.15, 0.2) is 23.0 Å². The highest BCUT2D eigenvalue weighted by atomic mass is 32.2. The van der Waals surface area contributed by atoms with E-state index in [1.54, 1.807) is 25.6 Å². The van der Waals surface area contributed by atoms with Gasteiger partial charge in [0, 0.05) is 35.5 Å². The van der Waals surface area contributed by atoms with Gasteiger partial charge in [0.1, 0.15) is 11.3 Å². The second-order valence-electron chi connectivity index (χ2n) is 12.1. The summed E-state index contributed by atoms with van der Waals surface area (Å²) in [4.78, 5) is 14.0. The first-order valence-corrected chi connectivity index (χ1v) is 13.7. The Kier molecular flexibility index (Phi) is 5.47. The third kappa shape index (κ3) is 3.78. The molecule has 1 aromatic rings. The summed E-state index contributed by atoms with van der Waals surface area (Å²) >= 11 is 1.68. The fraction of sp³-hybridized carbons (Fsp3) is 0.667. The Morgan fingerprint density at radius 3 is 2.57 bits per heavy atom. The molecule has 3 heterocycles. The predicted octanol–water partition coefficient (Wildman–Crippen LogP) is 5.38. The normalized spacial score (nSPS) is 35.4. The number of cyclic esters (lactones) is 1. The molecule has 3 aliphatic heterocycles. The van der Waals surface area contributed by atoms with E-state index in [-0.39, 0.29) is 17.7 Å². The summed E-state index contributed by atoms with van der Waals surface area (Å²) < 4.78 is 30.0. The van der Waals surface area contributed by atoms with Gasteiger partial charge < -0.3 is 23.5 Å². The summed E-state index contributed by atoms with van der Waals surface area (Å²) in [6, 6.07) is 4.01. The fourth-order valence-electron chi connectivity index (χ4n) is 6.64. The van der Waals surface area contributed by atoms with Crippen molar-refractivity contribution >= 4 is 30.9 Å². The van der Waals surface area contributed by atoms with Crippen LogP contribution in [0.5, 0.6) is 5.75 Å². The molecule has 0 N–H and O–H groups in total. The van der Waals surface area contributed by atoms with Gasteiger partial charge >= 0.3 is 13.1 Å². The monoisotopic (exact) mass is 498 g/mol. The fourth-order valence-corrected chi connectivity index (χ4v) is 7.83. The van der Waals surface area contributed by atoms with Crippen LogP contribution < -0.4 is 4.74 Å². The van der Waals surface area contributed by atoms with E-state index in [9.17, 15) is 4.79 Å². The van der Waals surface area contributed by atoms with Crippen LogP contribution in [-0.4, -0.2) is 49.0 Å². The number of fused-ring (bicyclic) bond motifs is 1. The SMILES string of the molecule is CC(Sc1ccc(/C=C/B2O[C@@H]3C[C@@H]4C[C@@H](C4(C)C)[C@@]3(C)O2)c2c1C(=O)OC(C)(C)O2)C1COC1. The summed E-state index contributed by atoms with van der Waals surface area (Å²) in [5.74, 6) is 2.87. The summed E-state index contributed by atoms with van der Waals surface area (Å²) in [7, 11) is -0.410. The first-order chi connectivity index (χ1) is 16.5. The van der Waals surface area contributed by atoms with Crippen molar-refractivity contribution < 1.29 is 28.3 Å². The second-order valence-corrected chi connectivity index (χ2v) is 13.5. The number of rotatable bonds is 5. The molecule has 3 saturated carbocycles. The molecule has 1 unspecified atom stereocenters. The Bertz CT molecular complexity index is 1080. The molecule has 2 bridgehead atoms. The van der Waals surface area contributed by atoms with Gasteiger partial charge in [-0.2, -0.15) is 0 Å². The molecule has 0 radical (unpaired) electrons. The minimum atomic E-state index is -1.03. The number of carbonyl (C=O) groups excluding carboxylic acids is 1. The van der Waals surface area contributed by atoms with Crippen molar-refractivity contribution in [1.82, 2.24) is 0 Å². The van der Waals surface area contributed by atoms with Gasteiger partial charge in [0.2, 0.25) is 5.79 Å². The third-order valence-electron chi connectivity index (χ3n) is 9.08. The molecule has 5 fully saturated rings. The molecule has 3 aliphatic carbocycles. The molecular weight excluding hydrogens is 463 g/mol. The number of thioether (sulfide) groups is 1. The zero-order valence-electron chi connectivity index (χ0n) is 21.5. The molecule has 8 heteroatoms. The Labute approximate surface area is 212 Å². The van der Waals surface area contributed by atoms with Crippen molar-refractivity contribution in [2.45, 2.75) is 82.0 Å². The third-order valence-corrected chi connectivity index (χ3v) is 10.4. The van der Waals surface area contributed by atoms with Crippen LogP contribution in [0.1, 0.15) is 70.3 Å². The van der Waals surface area contributed by atoms with Gasteiger partial charge in [-0.1, -0.05) is 38.9 Å². The Morgan fingerprint density at radius 1 is 1.11 bits per heavy atom. The summed E-state index contributed by atoms with van der Waals surface area (Å²) in [6.45, 7) is 14.2. The molecular formula is C27H35BO6S. The van der Waals surface area contributed by atoms with Crippen molar-refractivity contribution in [3.05, 3.63) is 29.2 Å². The van der Waals surface area contributed by atoms with Gasteiger partial charge in [-0.25, -0.2) is 4.79 Å². The topological polar surface area (TPSA) is 63.2 Å². The predicted molar refractivity (Wildman–Crippen MR) is 135 cm³/mol. The average molecular weight is 498 g/mol. The lowest BCUT2D eigenvalue weighted by atomic mass is 9.43. The zero-order chi connectivity index (χ0) is 24.8. The molecule has 2 saturated heterocycles. The standard InChI is InChI=1S/C27H35BO6S/c1-15(17-13-30-14-17)35-19-8-7-16(23-22(19)24(29)32-26(4,5)31-23)9-10-28-33-21-12-18-11-20(25(18,2)3)27(21,6)34-28/h7-10,15,17-18,20-21H,11-14H2,1-6H3/b10-9+/t15?,18-,20-,21+,27+/m0/s1. The maximum absolute atomic E-state index is 13.1. The maximum atomic E-state index is 13.1. The van der Waals surface area contributed by atoms with Gasteiger partial charge in [-0.05, 0) is 43.1 Å². The first-order valence-electron chi connectivity index (χ1n) is 12.8. The van der Waals surface area contributed by atoms with E-state index in [4.69, 9.17) is 23.5 Å². The molecule has 0 spiro atoms. The zero-order valence-corrected chi connectivity index (χ0v) is 22.3. The van der Waals surface area contributed by atoms with E-state index in [0.29, 0.717) is 39.7 Å². The number of esters is 1. The Balaban J connectivity index is 1.27. The summed E-state index contributed by atoms with van der Waals surface area (Å²) in [5, 5.41) is 0.330. The van der Waals surface area contributed by atoms with E-state index in [2.05, 4.69) is 27.7 Å². The van der Waals surface area contributed by atoms with Crippen molar-refractivity contribution in [3.8, 4) is 5.75 Å². The summed E-state index contributed by atoms with van der Waals surface area (Å²) in [6.07, 6.45) is 4.37. The van der Waals surface area contributed by atoms with E-state index >= 15 is 0 Å². The highest BCUT2D eigenvalue weighted by Gasteiger charge is 2.67. The number of hydrogen-bond acceptors (Lipinski definition) is 7. The molecule has 188 valence electrons. The number of hydrogen-bond donors (Lipinski definition) is 0. The van der Waals surface area contributed by atoms with Gasteiger partial charge in [-0.3, -0.25) is 0 Å². The maximum Gasteiger partial charge on any atom is 0.486 e. The van der Waals surface area contributed by atoms with E-state index in [1.165, 1.54) is 6.42 Å². The number of benzene rings is 1. The van der Waals surface area contributed by atoms with Gasteiger partial charge in [0.25, 0.3) is 0 Å². The molecule has 5 atom stereocenters. The lowest BCUT2D eigenvalue weighted by Gasteiger charge is -2.64. The van der Waals surface area contributed by atoms with Crippen LogP contribution in [0.3, 0.4) is 0 Å². The van der Waals surface area contributed by atoms with Gasteiger partial charge in [-0.15, -0.1) is 11.8 Å². The smallest absolute Gasteiger partial charge is 0.451 e. The number of carbonyl (C=O) groups is 1. The van der Waals surface area contributed by atoms with Crippen molar-refractivity contribution in [2.75, 3.05) is 13.2 Å². The quantitative estimate of drug-likeness (QED) is 0.307. The highest BCUT2D eigenvalue weighted by molar-refractivity contribution is 8.00. The van der Waals surface area contributed by atoms with Crippen LogP contribution in [0.4, 0.5) is 0 Å². The lowest BCUT2D eigenvalue weighted by Crippen LogP contribution is -2.65. The Morgan fingerprint density at radius 2 is 1.89 bits per heavy atom. The summed E-state index contributed by atoms with van der Waals surface area (Å²) in [5.41, 5.74) is 1.38. The molecule has 6 aliphatic rings. The average Bonchev–Trinajstić information content (AvgIpc) is 3.06. The molecule has 0 aromatic heterocycles. The molecule has 7 rings (SSSR count). The van der Waals surface area contributed by atoms with Crippen molar-refractivity contribution in [2.24, 2.45) is 23.2 Å². The number of ether oxygens (including phenoxy) is 3.